The number of hydrogen-bond acceptors (Lipinski definition) is 1. The first-order chi connectivity index (χ1) is 9.21. The zero-order valence-corrected chi connectivity index (χ0v) is 11.7. The van der Waals surface area contributed by atoms with Crippen LogP contribution < -0.4 is 4.74 Å². The van der Waals surface area contributed by atoms with Crippen molar-refractivity contribution in [1.29, 1.82) is 0 Å². The third-order valence-corrected chi connectivity index (χ3v) is 5.93. The summed E-state index contributed by atoms with van der Waals surface area (Å²) in [7, 11) is 1.73. The molecule has 0 amide bonds. The highest BCUT2D eigenvalue weighted by atomic mass is 16.5. The van der Waals surface area contributed by atoms with Crippen molar-refractivity contribution in [1.82, 2.24) is 0 Å². The molecule has 2 atom stereocenters. The number of allylic oxidation sites excluding steroid dienone is 1. The Balaban J connectivity index is 1.77. The average molecular weight is 254 g/mol. The minimum atomic E-state index is 0.293. The molecule has 4 aliphatic rings. The zero-order chi connectivity index (χ0) is 13.0. The van der Waals surface area contributed by atoms with E-state index in [2.05, 4.69) is 30.8 Å². The Morgan fingerprint density at radius 3 is 2.26 bits per heavy atom. The Hall–Kier alpha value is -1.24. The lowest BCUT2D eigenvalue weighted by molar-refractivity contribution is 0.0472. The van der Waals surface area contributed by atoms with E-state index in [0.29, 0.717) is 5.41 Å². The average Bonchev–Trinajstić information content (AvgIpc) is 2.44. The molecule has 4 fully saturated rings. The number of methoxy groups -OCH3 is 1. The van der Waals surface area contributed by atoms with Crippen LogP contribution in [0.2, 0.25) is 0 Å². The highest BCUT2D eigenvalue weighted by Crippen LogP contribution is 2.62. The van der Waals surface area contributed by atoms with E-state index in [1.54, 1.807) is 7.11 Å². The molecular weight excluding hydrogens is 232 g/mol. The fourth-order valence-corrected chi connectivity index (χ4v) is 5.24. The van der Waals surface area contributed by atoms with Gasteiger partial charge in [-0.3, -0.25) is 0 Å². The molecule has 19 heavy (non-hydrogen) atoms. The molecule has 4 saturated carbocycles. The van der Waals surface area contributed by atoms with Crippen molar-refractivity contribution in [3.05, 3.63) is 42.0 Å². The predicted octanol–water partition coefficient (Wildman–Crippen LogP) is 4.33. The molecule has 4 bridgehead atoms. The van der Waals surface area contributed by atoms with Crippen molar-refractivity contribution >= 4 is 0 Å². The van der Waals surface area contributed by atoms with Crippen LogP contribution in [-0.2, 0) is 5.41 Å². The van der Waals surface area contributed by atoms with Gasteiger partial charge in [0.2, 0.25) is 0 Å². The maximum Gasteiger partial charge on any atom is 0.118 e. The monoisotopic (exact) mass is 254 g/mol. The normalized spacial score (nSPS) is 39.6. The van der Waals surface area contributed by atoms with Gasteiger partial charge in [-0.05, 0) is 67.6 Å². The van der Waals surface area contributed by atoms with Crippen molar-refractivity contribution in [3.63, 3.8) is 0 Å². The fraction of sp³-hybridized carbons (Fsp3) is 0.556. The van der Waals surface area contributed by atoms with Gasteiger partial charge in [-0.1, -0.05) is 24.3 Å². The summed E-state index contributed by atoms with van der Waals surface area (Å²) in [5.74, 6) is 3.66. The van der Waals surface area contributed by atoms with E-state index in [1.807, 2.05) is 0 Å². The molecule has 1 aromatic carbocycles. The second-order valence-electron chi connectivity index (χ2n) is 6.88. The van der Waals surface area contributed by atoms with E-state index in [1.165, 1.54) is 43.2 Å². The molecule has 0 aromatic heterocycles. The molecular formula is C18H22O. The van der Waals surface area contributed by atoms with Gasteiger partial charge in [0, 0.05) is 5.41 Å². The number of rotatable bonds is 2. The van der Waals surface area contributed by atoms with Crippen LogP contribution in [-0.4, -0.2) is 7.11 Å². The summed E-state index contributed by atoms with van der Waals surface area (Å²) in [6.45, 7) is 4.51. The van der Waals surface area contributed by atoms with Crippen LogP contribution in [0.5, 0.6) is 5.75 Å². The lowest BCUT2D eigenvalue weighted by Crippen LogP contribution is -2.50. The summed E-state index contributed by atoms with van der Waals surface area (Å²) in [5, 5.41) is 0. The van der Waals surface area contributed by atoms with E-state index in [0.717, 1.165) is 23.5 Å². The zero-order valence-electron chi connectivity index (χ0n) is 11.7. The van der Waals surface area contributed by atoms with Crippen LogP contribution >= 0.6 is 0 Å². The summed E-state index contributed by atoms with van der Waals surface area (Å²) in [6, 6.07) is 8.77. The molecule has 5 rings (SSSR count). The van der Waals surface area contributed by atoms with Gasteiger partial charge in [0.1, 0.15) is 5.75 Å². The van der Waals surface area contributed by atoms with Gasteiger partial charge in [0.15, 0.2) is 0 Å². The number of benzene rings is 1. The minimum absolute atomic E-state index is 0.293. The van der Waals surface area contributed by atoms with Crippen LogP contribution in [0.25, 0.3) is 0 Å². The summed E-state index contributed by atoms with van der Waals surface area (Å²) < 4.78 is 5.29. The maximum atomic E-state index is 5.29. The molecule has 2 unspecified atom stereocenters. The van der Waals surface area contributed by atoms with Crippen LogP contribution in [0.1, 0.15) is 37.7 Å². The first kappa shape index (κ1) is 11.6. The molecule has 4 aliphatic carbocycles. The SMILES string of the molecule is C=C1C2CC3CC(C2)CC1(c1ccc(OC)cc1)C3. The van der Waals surface area contributed by atoms with E-state index in [4.69, 9.17) is 4.74 Å². The van der Waals surface area contributed by atoms with E-state index < -0.39 is 0 Å². The molecule has 0 N–H and O–H groups in total. The molecule has 0 saturated heterocycles. The summed E-state index contributed by atoms with van der Waals surface area (Å²) in [4.78, 5) is 0. The highest BCUT2D eigenvalue weighted by Gasteiger charge is 2.53. The summed E-state index contributed by atoms with van der Waals surface area (Å²) >= 11 is 0. The van der Waals surface area contributed by atoms with Gasteiger partial charge < -0.3 is 4.74 Å². The first-order valence-corrected chi connectivity index (χ1v) is 7.55. The molecule has 1 nitrogen and oxygen atoms in total. The van der Waals surface area contributed by atoms with Crippen molar-refractivity contribution < 1.29 is 4.74 Å². The van der Waals surface area contributed by atoms with E-state index >= 15 is 0 Å². The quantitative estimate of drug-likeness (QED) is 0.714. The molecule has 1 aromatic rings. The Morgan fingerprint density at radius 2 is 1.68 bits per heavy atom. The second-order valence-corrected chi connectivity index (χ2v) is 6.88. The van der Waals surface area contributed by atoms with Gasteiger partial charge in [-0.15, -0.1) is 0 Å². The summed E-state index contributed by atoms with van der Waals surface area (Å²) in [5.41, 5.74) is 3.31. The van der Waals surface area contributed by atoms with Gasteiger partial charge in [0.05, 0.1) is 7.11 Å². The number of hydrogen-bond donors (Lipinski definition) is 0. The predicted molar refractivity (Wildman–Crippen MR) is 77.4 cm³/mol. The van der Waals surface area contributed by atoms with Gasteiger partial charge in [0.25, 0.3) is 0 Å². The van der Waals surface area contributed by atoms with E-state index in [9.17, 15) is 0 Å². The molecule has 0 heterocycles. The Bertz CT molecular complexity index is 499. The van der Waals surface area contributed by atoms with Gasteiger partial charge in [-0.2, -0.15) is 0 Å². The molecule has 0 spiro atoms. The van der Waals surface area contributed by atoms with Gasteiger partial charge >= 0.3 is 0 Å². The number of ether oxygens (including phenoxy) is 1. The molecule has 0 radical (unpaired) electrons. The Labute approximate surface area is 115 Å². The van der Waals surface area contributed by atoms with Crippen molar-refractivity contribution in [3.8, 4) is 5.75 Å². The van der Waals surface area contributed by atoms with Crippen LogP contribution in [0.15, 0.2) is 36.4 Å². The van der Waals surface area contributed by atoms with Crippen molar-refractivity contribution in [2.75, 3.05) is 7.11 Å². The highest BCUT2D eigenvalue weighted by molar-refractivity contribution is 5.43. The first-order valence-electron chi connectivity index (χ1n) is 7.55. The molecule has 1 heteroatoms. The van der Waals surface area contributed by atoms with Crippen LogP contribution in [0, 0.1) is 17.8 Å². The van der Waals surface area contributed by atoms with Crippen molar-refractivity contribution in [2.24, 2.45) is 17.8 Å². The van der Waals surface area contributed by atoms with Crippen LogP contribution in [0.3, 0.4) is 0 Å². The topological polar surface area (TPSA) is 9.23 Å². The van der Waals surface area contributed by atoms with Crippen LogP contribution in [0.4, 0.5) is 0 Å². The second kappa shape index (κ2) is 3.88. The minimum Gasteiger partial charge on any atom is -0.497 e. The lowest BCUT2D eigenvalue weighted by Gasteiger charge is -2.58. The fourth-order valence-electron chi connectivity index (χ4n) is 5.24. The third kappa shape index (κ3) is 1.54. The Kier molecular flexibility index (Phi) is 2.36. The maximum absolute atomic E-state index is 5.29. The Morgan fingerprint density at radius 1 is 1.05 bits per heavy atom. The van der Waals surface area contributed by atoms with Gasteiger partial charge in [-0.25, -0.2) is 0 Å². The summed E-state index contributed by atoms with van der Waals surface area (Å²) in [6.07, 6.45) is 6.97. The van der Waals surface area contributed by atoms with Crippen molar-refractivity contribution in [2.45, 2.75) is 37.5 Å². The van der Waals surface area contributed by atoms with E-state index in [-0.39, 0.29) is 0 Å². The third-order valence-electron chi connectivity index (χ3n) is 5.93. The smallest absolute Gasteiger partial charge is 0.118 e. The molecule has 0 aliphatic heterocycles. The molecule has 100 valence electrons. The largest absolute Gasteiger partial charge is 0.497 e. The lowest BCUT2D eigenvalue weighted by atomic mass is 9.46. The standard InChI is InChI=1S/C18H22O/c1-12-15-8-13-7-14(9-15)11-18(12,10-13)16-3-5-17(19-2)6-4-16/h3-6,13-15H,1,7-11H2,2H3.